The lowest BCUT2D eigenvalue weighted by molar-refractivity contribution is 0.594. The van der Waals surface area contributed by atoms with Crippen molar-refractivity contribution < 1.29 is 8.42 Å². The predicted molar refractivity (Wildman–Crippen MR) is 98.5 cm³/mol. The van der Waals surface area contributed by atoms with Crippen LogP contribution in [0.1, 0.15) is 5.69 Å². The van der Waals surface area contributed by atoms with Crippen molar-refractivity contribution in [3.63, 3.8) is 0 Å². The number of aryl methyl sites for hydroxylation is 1. The Hall–Kier alpha value is -1.33. The molecule has 120 valence electrons. The van der Waals surface area contributed by atoms with Crippen molar-refractivity contribution in [3.8, 4) is 0 Å². The lowest BCUT2D eigenvalue weighted by Crippen LogP contribution is -2.05. The molecule has 23 heavy (non-hydrogen) atoms. The first kappa shape index (κ1) is 16.5. The number of nitrogens with zero attached hydrogens (tertiary/aromatic N) is 3. The standard InChI is InChI=1S/C14H13IN4O2S2/c1-8-7-11(16)19-13(17-8)12(14(18-19)22-2)23(20,21)10-5-3-9(15)4-6-10/h3-7H,16H2,1-2H3. The van der Waals surface area contributed by atoms with Gasteiger partial charge in [0.15, 0.2) is 10.5 Å². The second-order valence-electron chi connectivity index (χ2n) is 4.85. The smallest absolute Gasteiger partial charge is 0.213 e. The van der Waals surface area contributed by atoms with Crippen LogP contribution in [0.4, 0.5) is 5.82 Å². The Morgan fingerprint density at radius 1 is 1.26 bits per heavy atom. The molecule has 0 fully saturated rings. The number of aromatic nitrogens is 3. The van der Waals surface area contributed by atoms with Crippen molar-refractivity contribution in [2.45, 2.75) is 21.7 Å². The molecule has 0 aliphatic carbocycles. The molecular weight excluding hydrogens is 447 g/mol. The van der Waals surface area contributed by atoms with Crippen LogP contribution in [0.3, 0.4) is 0 Å². The van der Waals surface area contributed by atoms with Crippen LogP contribution in [0.15, 0.2) is 45.1 Å². The van der Waals surface area contributed by atoms with Gasteiger partial charge in [0.1, 0.15) is 10.8 Å². The Balaban J connectivity index is 2.36. The number of rotatable bonds is 3. The third kappa shape index (κ3) is 2.81. The van der Waals surface area contributed by atoms with Crippen LogP contribution in [0, 0.1) is 10.5 Å². The fraction of sp³-hybridized carbons (Fsp3) is 0.143. The summed E-state index contributed by atoms with van der Waals surface area (Å²) in [5, 5.41) is 4.68. The quantitative estimate of drug-likeness (QED) is 0.478. The van der Waals surface area contributed by atoms with E-state index in [9.17, 15) is 8.42 Å². The van der Waals surface area contributed by atoms with Gasteiger partial charge in [0.2, 0.25) is 9.84 Å². The molecule has 2 N–H and O–H groups in total. The number of hydrogen-bond donors (Lipinski definition) is 1. The maximum Gasteiger partial charge on any atom is 0.213 e. The fourth-order valence-electron chi connectivity index (χ4n) is 2.23. The highest BCUT2D eigenvalue weighted by atomic mass is 127. The lowest BCUT2D eigenvalue weighted by atomic mass is 10.4. The van der Waals surface area contributed by atoms with Crippen LogP contribution in [0.5, 0.6) is 0 Å². The van der Waals surface area contributed by atoms with Crippen LogP contribution in [-0.2, 0) is 9.84 Å². The maximum absolute atomic E-state index is 13.1. The normalized spacial score (nSPS) is 12.0. The van der Waals surface area contributed by atoms with Crippen LogP contribution in [0.2, 0.25) is 0 Å². The van der Waals surface area contributed by atoms with Gasteiger partial charge in [-0.05, 0) is 60.0 Å². The van der Waals surface area contributed by atoms with E-state index >= 15 is 0 Å². The Kier molecular flexibility index (Phi) is 4.27. The van der Waals surface area contributed by atoms with E-state index in [1.54, 1.807) is 43.5 Å². The Bertz CT molecular complexity index is 998. The van der Waals surface area contributed by atoms with Gasteiger partial charge < -0.3 is 5.73 Å². The van der Waals surface area contributed by atoms with E-state index in [0.717, 1.165) is 3.57 Å². The molecule has 0 unspecified atom stereocenters. The summed E-state index contributed by atoms with van der Waals surface area (Å²) in [6.45, 7) is 1.77. The zero-order chi connectivity index (χ0) is 16.8. The highest BCUT2D eigenvalue weighted by molar-refractivity contribution is 14.1. The summed E-state index contributed by atoms with van der Waals surface area (Å²) in [6, 6.07) is 8.34. The van der Waals surface area contributed by atoms with Crippen LogP contribution in [-0.4, -0.2) is 29.3 Å². The summed E-state index contributed by atoms with van der Waals surface area (Å²) < 4.78 is 28.5. The zero-order valence-electron chi connectivity index (χ0n) is 12.3. The van der Waals surface area contributed by atoms with E-state index in [2.05, 4.69) is 32.7 Å². The third-order valence-electron chi connectivity index (χ3n) is 3.26. The number of sulfone groups is 1. The lowest BCUT2D eigenvalue weighted by Gasteiger charge is -2.05. The molecule has 0 bridgehead atoms. The molecule has 0 amide bonds. The molecule has 0 aliphatic heterocycles. The number of thioether (sulfide) groups is 1. The van der Waals surface area contributed by atoms with Crippen molar-refractivity contribution in [3.05, 3.63) is 39.6 Å². The first-order chi connectivity index (χ1) is 10.8. The number of fused-ring (bicyclic) bond motifs is 1. The average Bonchev–Trinajstić information content (AvgIpc) is 2.87. The Morgan fingerprint density at radius 2 is 1.91 bits per heavy atom. The Labute approximate surface area is 151 Å². The van der Waals surface area contributed by atoms with Gasteiger partial charge in [-0.25, -0.2) is 13.4 Å². The Morgan fingerprint density at radius 3 is 2.52 bits per heavy atom. The van der Waals surface area contributed by atoms with E-state index < -0.39 is 9.84 Å². The number of benzene rings is 1. The second-order valence-corrected chi connectivity index (χ2v) is 8.78. The molecule has 0 spiro atoms. The van der Waals surface area contributed by atoms with Gasteiger partial charge in [-0.2, -0.15) is 9.61 Å². The molecule has 1 aromatic carbocycles. The molecule has 0 saturated heterocycles. The molecule has 2 aromatic heterocycles. The minimum atomic E-state index is -3.74. The first-order valence-corrected chi connectivity index (χ1v) is 10.3. The average molecular weight is 460 g/mol. The number of hydrogen-bond acceptors (Lipinski definition) is 6. The van der Waals surface area contributed by atoms with E-state index in [-0.39, 0.29) is 15.4 Å². The summed E-state index contributed by atoms with van der Waals surface area (Å²) >= 11 is 3.38. The molecule has 3 aromatic rings. The van der Waals surface area contributed by atoms with Gasteiger partial charge in [-0.3, -0.25) is 0 Å². The number of nitrogens with two attached hydrogens (primary N) is 1. The molecule has 3 rings (SSSR count). The van der Waals surface area contributed by atoms with Gasteiger partial charge in [-0.15, -0.1) is 11.8 Å². The molecule has 0 atom stereocenters. The molecule has 6 nitrogen and oxygen atoms in total. The summed E-state index contributed by atoms with van der Waals surface area (Å²) in [4.78, 5) is 4.65. The molecule has 0 radical (unpaired) electrons. The largest absolute Gasteiger partial charge is 0.384 e. The molecule has 0 aliphatic rings. The summed E-state index contributed by atoms with van der Waals surface area (Å²) in [5.74, 6) is 0.354. The van der Waals surface area contributed by atoms with Crippen LogP contribution < -0.4 is 5.73 Å². The topological polar surface area (TPSA) is 90.3 Å². The van der Waals surface area contributed by atoms with Crippen molar-refractivity contribution in [1.82, 2.24) is 14.6 Å². The van der Waals surface area contributed by atoms with Gasteiger partial charge in [0.25, 0.3) is 0 Å². The molecule has 9 heteroatoms. The van der Waals surface area contributed by atoms with Crippen molar-refractivity contribution in [1.29, 1.82) is 0 Å². The number of nitrogen functional groups attached to an aromatic ring is 1. The number of anilines is 1. The molecule has 2 heterocycles. The van der Waals surface area contributed by atoms with Gasteiger partial charge >= 0.3 is 0 Å². The first-order valence-electron chi connectivity index (χ1n) is 6.55. The van der Waals surface area contributed by atoms with Gasteiger partial charge in [0.05, 0.1) is 4.90 Å². The predicted octanol–water partition coefficient (Wildman–Crippen LogP) is 2.78. The SMILES string of the molecule is CSc1nn2c(N)cc(C)nc2c1S(=O)(=O)c1ccc(I)cc1. The summed E-state index contributed by atoms with van der Waals surface area (Å²) in [7, 11) is -3.74. The van der Waals surface area contributed by atoms with E-state index in [1.165, 1.54) is 16.3 Å². The van der Waals surface area contributed by atoms with E-state index in [0.29, 0.717) is 16.5 Å². The van der Waals surface area contributed by atoms with Crippen molar-refractivity contribution in [2.24, 2.45) is 0 Å². The summed E-state index contributed by atoms with van der Waals surface area (Å²) in [5.41, 5.74) is 6.85. The highest BCUT2D eigenvalue weighted by Gasteiger charge is 2.29. The second kappa shape index (κ2) is 5.95. The van der Waals surface area contributed by atoms with Gasteiger partial charge in [0, 0.05) is 15.3 Å². The molecule has 0 saturated carbocycles. The molecular formula is C14H13IN4O2S2. The minimum Gasteiger partial charge on any atom is -0.384 e. The van der Waals surface area contributed by atoms with Crippen molar-refractivity contribution >= 4 is 55.7 Å². The number of halogens is 1. The highest BCUT2D eigenvalue weighted by Crippen LogP contribution is 2.33. The summed E-state index contributed by atoms with van der Waals surface area (Å²) in [6.07, 6.45) is 1.78. The van der Waals surface area contributed by atoms with Crippen LogP contribution >= 0.6 is 34.4 Å². The van der Waals surface area contributed by atoms with E-state index in [1.807, 2.05) is 0 Å². The fourth-order valence-corrected chi connectivity index (χ4v) is 4.98. The van der Waals surface area contributed by atoms with E-state index in [4.69, 9.17) is 5.73 Å². The van der Waals surface area contributed by atoms with Crippen LogP contribution in [0.25, 0.3) is 5.65 Å². The van der Waals surface area contributed by atoms with Gasteiger partial charge in [-0.1, -0.05) is 0 Å². The zero-order valence-corrected chi connectivity index (χ0v) is 16.1. The van der Waals surface area contributed by atoms with Crippen molar-refractivity contribution in [2.75, 3.05) is 12.0 Å². The minimum absolute atomic E-state index is 0.0987. The third-order valence-corrected chi connectivity index (χ3v) is 6.59. The maximum atomic E-state index is 13.1. The monoisotopic (exact) mass is 460 g/mol.